The summed E-state index contributed by atoms with van der Waals surface area (Å²) < 4.78 is 5.00. The summed E-state index contributed by atoms with van der Waals surface area (Å²) in [5.74, 6) is 0. The Hall–Kier alpha value is -0.160. The minimum absolute atomic E-state index is 0.118. The number of aliphatic hydroxyl groups is 1. The van der Waals surface area contributed by atoms with Crippen LogP contribution >= 0.6 is 0 Å². The highest BCUT2D eigenvalue weighted by atomic mass is 16.5. The molecule has 0 aliphatic heterocycles. The molecule has 0 aliphatic carbocycles. The number of aliphatic hydroxyl groups excluding tert-OH is 1. The van der Waals surface area contributed by atoms with Gasteiger partial charge in [-0.2, -0.15) is 0 Å². The Morgan fingerprint density at radius 1 is 0.938 bits per heavy atom. The molecule has 0 aromatic heterocycles. The van der Waals surface area contributed by atoms with Crippen molar-refractivity contribution in [2.24, 2.45) is 0 Å². The fourth-order valence-electron chi connectivity index (χ4n) is 1.08. The average molecular weight is 234 g/mol. The van der Waals surface area contributed by atoms with E-state index < -0.39 is 0 Å². The summed E-state index contributed by atoms with van der Waals surface area (Å²) in [6.45, 7) is 12.3. The van der Waals surface area contributed by atoms with Crippen LogP contribution in [-0.4, -0.2) is 75.0 Å². The second-order valence-electron chi connectivity index (χ2n) is 3.76. The summed E-state index contributed by atoms with van der Waals surface area (Å²) in [4.78, 5) is 4.41. The normalized spacial score (nSPS) is 10.5. The molecule has 0 aromatic rings. The van der Waals surface area contributed by atoms with E-state index in [1.165, 1.54) is 19.6 Å². The lowest BCUT2D eigenvalue weighted by Crippen LogP contribution is -2.21. The van der Waals surface area contributed by atoms with Crippen LogP contribution in [0.2, 0.25) is 0 Å². The van der Waals surface area contributed by atoms with Crippen molar-refractivity contribution in [1.29, 1.82) is 0 Å². The Morgan fingerprint density at radius 2 is 1.44 bits per heavy atom. The molecule has 16 heavy (non-hydrogen) atoms. The molecule has 0 radical (unpaired) electrons. The van der Waals surface area contributed by atoms with Crippen molar-refractivity contribution in [2.45, 2.75) is 20.8 Å². The van der Waals surface area contributed by atoms with Crippen LogP contribution in [0.15, 0.2) is 0 Å². The monoisotopic (exact) mass is 234 g/mol. The van der Waals surface area contributed by atoms with Crippen molar-refractivity contribution < 1.29 is 9.84 Å². The molecule has 0 rings (SSSR count). The molecule has 0 heterocycles. The summed E-state index contributed by atoms with van der Waals surface area (Å²) in [6, 6.07) is 0. The third-order valence-electron chi connectivity index (χ3n) is 2.26. The zero-order chi connectivity index (χ0) is 12.8. The van der Waals surface area contributed by atoms with Gasteiger partial charge in [-0.3, -0.25) is 0 Å². The third-order valence-corrected chi connectivity index (χ3v) is 2.26. The summed E-state index contributed by atoms with van der Waals surface area (Å²) >= 11 is 0. The number of hydrogen-bond acceptors (Lipinski definition) is 4. The first-order valence-corrected chi connectivity index (χ1v) is 6.17. The van der Waals surface area contributed by atoms with E-state index in [-0.39, 0.29) is 6.61 Å². The van der Waals surface area contributed by atoms with Gasteiger partial charge in [0.2, 0.25) is 0 Å². The molecule has 0 aromatic carbocycles. The van der Waals surface area contributed by atoms with Crippen LogP contribution in [0, 0.1) is 0 Å². The van der Waals surface area contributed by atoms with E-state index in [1.807, 2.05) is 19.0 Å². The van der Waals surface area contributed by atoms with Gasteiger partial charge in [0.15, 0.2) is 0 Å². The number of hydrogen-bond donors (Lipinski definition) is 1. The van der Waals surface area contributed by atoms with Crippen LogP contribution < -0.4 is 0 Å². The molecule has 0 amide bonds. The SMILES string of the molecule is CCN(CC)CC.CN(C)CCOCCO. The summed E-state index contributed by atoms with van der Waals surface area (Å²) in [7, 11) is 3.98. The second kappa shape index (κ2) is 14.8. The Labute approximate surface area is 101 Å². The molecule has 1 N–H and O–H groups in total. The van der Waals surface area contributed by atoms with Crippen molar-refractivity contribution in [3.63, 3.8) is 0 Å². The maximum atomic E-state index is 8.29. The van der Waals surface area contributed by atoms with E-state index in [9.17, 15) is 0 Å². The summed E-state index contributed by atoms with van der Waals surface area (Å²) in [5.41, 5.74) is 0. The van der Waals surface area contributed by atoms with Gasteiger partial charge < -0.3 is 19.6 Å². The maximum absolute atomic E-state index is 8.29. The number of rotatable bonds is 8. The van der Waals surface area contributed by atoms with Crippen LogP contribution in [0.1, 0.15) is 20.8 Å². The molecule has 0 atom stereocenters. The smallest absolute Gasteiger partial charge is 0.0698 e. The lowest BCUT2D eigenvalue weighted by atomic mass is 10.5. The van der Waals surface area contributed by atoms with Crippen LogP contribution in [0.4, 0.5) is 0 Å². The minimum atomic E-state index is 0.118. The Balaban J connectivity index is 0. The van der Waals surface area contributed by atoms with Crippen molar-refractivity contribution in [3.05, 3.63) is 0 Å². The quantitative estimate of drug-likeness (QED) is 0.633. The number of nitrogens with zero attached hydrogens (tertiary/aromatic N) is 2. The zero-order valence-electron chi connectivity index (χ0n) is 11.7. The first-order valence-electron chi connectivity index (χ1n) is 6.17. The lowest BCUT2D eigenvalue weighted by molar-refractivity contribution is 0.0821. The highest BCUT2D eigenvalue weighted by Crippen LogP contribution is 1.81. The molecule has 0 spiro atoms. The van der Waals surface area contributed by atoms with Gasteiger partial charge in [-0.25, -0.2) is 0 Å². The predicted molar refractivity (Wildman–Crippen MR) is 69.9 cm³/mol. The fourth-order valence-corrected chi connectivity index (χ4v) is 1.08. The first-order chi connectivity index (χ1) is 7.62. The molecule has 0 fully saturated rings. The number of likely N-dealkylation sites (N-methyl/N-ethyl adjacent to an activating group) is 1. The van der Waals surface area contributed by atoms with Gasteiger partial charge in [0.25, 0.3) is 0 Å². The number of ether oxygens (including phenoxy) is 1. The molecule has 0 saturated carbocycles. The van der Waals surface area contributed by atoms with E-state index in [1.54, 1.807) is 0 Å². The van der Waals surface area contributed by atoms with Gasteiger partial charge in [0.05, 0.1) is 19.8 Å². The third kappa shape index (κ3) is 16.3. The van der Waals surface area contributed by atoms with Crippen LogP contribution in [0.5, 0.6) is 0 Å². The Morgan fingerprint density at radius 3 is 1.69 bits per heavy atom. The van der Waals surface area contributed by atoms with E-state index in [2.05, 4.69) is 25.7 Å². The van der Waals surface area contributed by atoms with E-state index in [0.29, 0.717) is 13.2 Å². The van der Waals surface area contributed by atoms with Gasteiger partial charge in [-0.1, -0.05) is 20.8 Å². The fraction of sp³-hybridized carbons (Fsp3) is 1.00. The molecule has 4 heteroatoms. The standard InChI is InChI=1S/C6H15NO2.C6H15N/c1-7(2)3-5-9-6-4-8;1-4-7(5-2)6-3/h8H,3-6H2,1-2H3;4-6H2,1-3H3. The van der Waals surface area contributed by atoms with Crippen LogP contribution in [0.3, 0.4) is 0 Å². The molecule has 0 saturated heterocycles. The second-order valence-corrected chi connectivity index (χ2v) is 3.76. The largest absolute Gasteiger partial charge is 0.394 e. The zero-order valence-corrected chi connectivity index (χ0v) is 11.7. The maximum Gasteiger partial charge on any atom is 0.0698 e. The topological polar surface area (TPSA) is 35.9 Å². The van der Waals surface area contributed by atoms with Crippen molar-refractivity contribution in [2.75, 3.05) is 60.1 Å². The van der Waals surface area contributed by atoms with Crippen LogP contribution in [0.25, 0.3) is 0 Å². The lowest BCUT2D eigenvalue weighted by Gasteiger charge is -2.13. The summed E-state index contributed by atoms with van der Waals surface area (Å²) in [5, 5.41) is 8.29. The molecule has 0 unspecified atom stereocenters. The van der Waals surface area contributed by atoms with Gasteiger partial charge in [0.1, 0.15) is 0 Å². The average Bonchev–Trinajstić information content (AvgIpc) is 2.28. The van der Waals surface area contributed by atoms with Crippen molar-refractivity contribution >= 4 is 0 Å². The van der Waals surface area contributed by atoms with Crippen LogP contribution in [-0.2, 0) is 4.74 Å². The molecule has 4 nitrogen and oxygen atoms in total. The van der Waals surface area contributed by atoms with Crippen molar-refractivity contribution in [3.8, 4) is 0 Å². The minimum Gasteiger partial charge on any atom is -0.394 e. The highest BCUT2D eigenvalue weighted by molar-refractivity contribution is 4.43. The molecular formula is C12H30N2O2. The van der Waals surface area contributed by atoms with Gasteiger partial charge >= 0.3 is 0 Å². The van der Waals surface area contributed by atoms with E-state index in [0.717, 1.165) is 6.54 Å². The highest BCUT2D eigenvalue weighted by Gasteiger charge is 1.89. The predicted octanol–water partition coefficient (Wildman–Crippen LogP) is 0.905. The molecular weight excluding hydrogens is 204 g/mol. The molecule has 0 aliphatic rings. The van der Waals surface area contributed by atoms with Crippen molar-refractivity contribution in [1.82, 2.24) is 9.80 Å². The van der Waals surface area contributed by atoms with E-state index >= 15 is 0 Å². The first kappa shape index (κ1) is 18.2. The Bertz CT molecular complexity index is 112. The van der Waals surface area contributed by atoms with Gasteiger partial charge in [-0.15, -0.1) is 0 Å². The molecule has 100 valence electrons. The Kier molecular flexibility index (Phi) is 16.9. The van der Waals surface area contributed by atoms with Gasteiger partial charge in [0, 0.05) is 6.54 Å². The summed E-state index contributed by atoms with van der Waals surface area (Å²) in [6.07, 6.45) is 0. The molecule has 0 bridgehead atoms. The van der Waals surface area contributed by atoms with E-state index in [4.69, 9.17) is 9.84 Å². The van der Waals surface area contributed by atoms with Gasteiger partial charge in [-0.05, 0) is 33.7 Å².